The maximum absolute atomic E-state index is 6.12. The first kappa shape index (κ1) is 10.8. The minimum Gasteiger partial charge on any atom is -0.318 e. The first-order valence-electron chi connectivity index (χ1n) is 5.26. The number of nitrogens with two attached hydrogens (primary N) is 1. The summed E-state index contributed by atoms with van der Waals surface area (Å²) in [6.45, 7) is 2.07. The fourth-order valence-corrected chi connectivity index (χ4v) is 1.63. The van der Waals surface area contributed by atoms with Crippen LogP contribution in [-0.2, 0) is 13.5 Å². The molecule has 2 aromatic heterocycles. The van der Waals surface area contributed by atoms with Gasteiger partial charge in [0.1, 0.15) is 0 Å². The SMILES string of the molecule is CCc1cc(C(N)c2cnccn2)n(C)n1. The lowest BCUT2D eigenvalue weighted by atomic mass is 10.1. The minimum atomic E-state index is -0.272. The zero-order valence-electron chi connectivity index (χ0n) is 9.46. The third kappa shape index (κ3) is 1.94. The van der Waals surface area contributed by atoms with Crippen LogP contribution in [0, 0.1) is 0 Å². The molecule has 16 heavy (non-hydrogen) atoms. The summed E-state index contributed by atoms with van der Waals surface area (Å²) in [6.07, 6.45) is 5.87. The Labute approximate surface area is 94.3 Å². The second-order valence-corrected chi connectivity index (χ2v) is 3.65. The summed E-state index contributed by atoms with van der Waals surface area (Å²) in [5.41, 5.74) is 8.87. The van der Waals surface area contributed by atoms with Crippen molar-refractivity contribution in [3.05, 3.63) is 41.7 Å². The van der Waals surface area contributed by atoms with E-state index in [1.807, 2.05) is 13.1 Å². The van der Waals surface area contributed by atoms with Gasteiger partial charge in [-0.15, -0.1) is 0 Å². The van der Waals surface area contributed by atoms with Gasteiger partial charge in [0.15, 0.2) is 0 Å². The molecule has 0 saturated heterocycles. The van der Waals surface area contributed by atoms with E-state index in [0.717, 1.165) is 23.5 Å². The van der Waals surface area contributed by atoms with Gasteiger partial charge in [-0.1, -0.05) is 6.92 Å². The molecule has 0 bridgehead atoms. The molecule has 0 radical (unpaired) electrons. The van der Waals surface area contributed by atoms with E-state index < -0.39 is 0 Å². The second-order valence-electron chi connectivity index (χ2n) is 3.65. The largest absolute Gasteiger partial charge is 0.318 e. The van der Waals surface area contributed by atoms with Crippen LogP contribution in [0.25, 0.3) is 0 Å². The molecule has 0 aromatic carbocycles. The topological polar surface area (TPSA) is 69.6 Å². The average Bonchev–Trinajstić information content (AvgIpc) is 2.71. The number of hydrogen-bond acceptors (Lipinski definition) is 4. The molecule has 2 aromatic rings. The van der Waals surface area contributed by atoms with Crippen molar-refractivity contribution >= 4 is 0 Å². The summed E-state index contributed by atoms with van der Waals surface area (Å²) >= 11 is 0. The molecule has 5 nitrogen and oxygen atoms in total. The van der Waals surface area contributed by atoms with Crippen molar-refractivity contribution in [3.63, 3.8) is 0 Å². The van der Waals surface area contributed by atoms with Crippen molar-refractivity contribution in [2.45, 2.75) is 19.4 Å². The first-order chi connectivity index (χ1) is 7.72. The summed E-state index contributed by atoms with van der Waals surface area (Å²) in [6, 6.07) is 1.74. The molecule has 0 amide bonds. The normalized spacial score (nSPS) is 12.7. The molecule has 0 aliphatic carbocycles. The van der Waals surface area contributed by atoms with E-state index in [-0.39, 0.29) is 6.04 Å². The third-order valence-electron chi connectivity index (χ3n) is 2.55. The van der Waals surface area contributed by atoms with Gasteiger partial charge in [-0.2, -0.15) is 5.10 Å². The predicted molar refractivity (Wildman–Crippen MR) is 60.6 cm³/mol. The molecule has 0 aliphatic rings. The molecule has 0 spiro atoms. The fraction of sp³-hybridized carbons (Fsp3) is 0.364. The van der Waals surface area contributed by atoms with Crippen molar-refractivity contribution in [1.82, 2.24) is 19.7 Å². The molecule has 0 saturated carbocycles. The van der Waals surface area contributed by atoms with Crippen molar-refractivity contribution in [2.24, 2.45) is 12.8 Å². The van der Waals surface area contributed by atoms with Gasteiger partial charge in [-0.05, 0) is 12.5 Å². The Kier molecular flexibility index (Phi) is 2.96. The highest BCUT2D eigenvalue weighted by Crippen LogP contribution is 2.17. The number of rotatable bonds is 3. The summed E-state index contributed by atoms with van der Waals surface area (Å²) < 4.78 is 1.80. The Morgan fingerprint density at radius 2 is 2.25 bits per heavy atom. The monoisotopic (exact) mass is 217 g/mol. The van der Waals surface area contributed by atoms with Crippen molar-refractivity contribution in [2.75, 3.05) is 0 Å². The van der Waals surface area contributed by atoms with Crippen LogP contribution in [0.4, 0.5) is 0 Å². The van der Waals surface area contributed by atoms with Gasteiger partial charge in [0.05, 0.1) is 29.3 Å². The summed E-state index contributed by atoms with van der Waals surface area (Å²) in [7, 11) is 1.89. The van der Waals surface area contributed by atoms with E-state index in [9.17, 15) is 0 Å². The molecule has 5 heteroatoms. The third-order valence-corrected chi connectivity index (χ3v) is 2.55. The lowest BCUT2D eigenvalue weighted by molar-refractivity contribution is 0.656. The predicted octanol–water partition coefficient (Wildman–Crippen LogP) is 0.821. The highest BCUT2D eigenvalue weighted by atomic mass is 15.3. The van der Waals surface area contributed by atoms with E-state index in [2.05, 4.69) is 22.0 Å². The molecular weight excluding hydrogens is 202 g/mol. The second kappa shape index (κ2) is 4.40. The van der Waals surface area contributed by atoms with Crippen LogP contribution in [0.1, 0.15) is 30.0 Å². The highest BCUT2D eigenvalue weighted by molar-refractivity contribution is 5.21. The number of hydrogen-bond donors (Lipinski definition) is 1. The van der Waals surface area contributed by atoms with E-state index in [1.54, 1.807) is 23.3 Å². The summed E-state index contributed by atoms with van der Waals surface area (Å²) in [4.78, 5) is 8.22. The van der Waals surface area contributed by atoms with Crippen LogP contribution in [0.3, 0.4) is 0 Å². The fourth-order valence-electron chi connectivity index (χ4n) is 1.63. The Hall–Kier alpha value is -1.75. The minimum absolute atomic E-state index is 0.272. The van der Waals surface area contributed by atoms with Crippen molar-refractivity contribution < 1.29 is 0 Å². The van der Waals surface area contributed by atoms with Gasteiger partial charge in [-0.3, -0.25) is 14.6 Å². The first-order valence-corrected chi connectivity index (χ1v) is 5.26. The molecule has 0 fully saturated rings. The van der Waals surface area contributed by atoms with E-state index in [1.165, 1.54) is 0 Å². The number of aryl methyl sites for hydroxylation is 2. The van der Waals surface area contributed by atoms with Crippen LogP contribution >= 0.6 is 0 Å². The van der Waals surface area contributed by atoms with E-state index >= 15 is 0 Å². The quantitative estimate of drug-likeness (QED) is 0.826. The van der Waals surface area contributed by atoms with Crippen LogP contribution in [0.2, 0.25) is 0 Å². The molecular formula is C11H15N5. The van der Waals surface area contributed by atoms with Gasteiger partial charge in [0, 0.05) is 19.4 Å². The summed E-state index contributed by atoms with van der Waals surface area (Å²) in [5.74, 6) is 0. The Morgan fingerprint density at radius 3 is 2.81 bits per heavy atom. The maximum Gasteiger partial charge on any atom is 0.0912 e. The van der Waals surface area contributed by atoms with E-state index in [4.69, 9.17) is 5.73 Å². The maximum atomic E-state index is 6.12. The molecule has 1 atom stereocenters. The Morgan fingerprint density at radius 1 is 1.44 bits per heavy atom. The average molecular weight is 217 g/mol. The molecule has 84 valence electrons. The van der Waals surface area contributed by atoms with Crippen LogP contribution < -0.4 is 5.73 Å². The molecule has 2 N–H and O–H groups in total. The zero-order valence-corrected chi connectivity index (χ0v) is 9.46. The van der Waals surface area contributed by atoms with Gasteiger partial charge in [-0.25, -0.2) is 0 Å². The van der Waals surface area contributed by atoms with Crippen molar-refractivity contribution in [1.29, 1.82) is 0 Å². The Balaban J connectivity index is 2.33. The molecule has 0 aliphatic heterocycles. The van der Waals surface area contributed by atoms with Crippen LogP contribution in [0.5, 0.6) is 0 Å². The summed E-state index contributed by atoms with van der Waals surface area (Å²) in [5, 5.41) is 4.36. The lowest BCUT2D eigenvalue weighted by Gasteiger charge is -2.10. The zero-order chi connectivity index (χ0) is 11.5. The molecule has 1 unspecified atom stereocenters. The van der Waals surface area contributed by atoms with Crippen LogP contribution in [-0.4, -0.2) is 19.7 Å². The standard InChI is InChI=1S/C11H15N5/c1-3-8-6-10(16(2)15-8)11(12)9-7-13-4-5-14-9/h4-7,11H,3,12H2,1-2H3. The van der Waals surface area contributed by atoms with Crippen LogP contribution in [0.15, 0.2) is 24.7 Å². The smallest absolute Gasteiger partial charge is 0.0912 e. The van der Waals surface area contributed by atoms with Gasteiger partial charge < -0.3 is 5.73 Å². The van der Waals surface area contributed by atoms with Gasteiger partial charge in [0.2, 0.25) is 0 Å². The number of aromatic nitrogens is 4. The molecule has 2 heterocycles. The number of nitrogens with zero attached hydrogens (tertiary/aromatic N) is 4. The highest BCUT2D eigenvalue weighted by Gasteiger charge is 2.15. The lowest BCUT2D eigenvalue weighted by Crippen LogP contribution is -2.17. The Bertz CT molecular complexity index is 462. The van der Waals surface area contributed by atoms with E-state index in [0.29, 0.717) is 0 Å². The van der Waals surface area contributed by atoms with Gasteiger partial charge in [0.25, 0.3) is 0 Å². The molecule has 2 rings (SSSR count). The van der Waals surface area contributed by atoms with Gasteiger partial charge >= 0.3 is 0 Å². The van der Waals surface area contributed by atoms with Crippen molar-refractivity contribution in [3.8, 4) is 0 Å².